The molecule has 0 bridgehead atoms. The van der Waals surface area contributed by atoms with Gasteiger partial charge in [-0.15, -0.1) is 11.3 Å². The van der Waals surface area contributed by atoms with Crippen molar-refractivity contribution in [3.63, 3.8) is 0 Å². The molecule has 0 aliphatic carbocycles. The van der Waals surface area contributed by atoms with E-state index in [1.807, 2.05) is 31.6 Å². The second-order valence-corrected chi connectivity index (χ2v) is 6.01. The smallest absolute Gasteiger partial charge is 0.293 e. The van der Waals surface area contributed by atoms with Crippen LogP contribution in [-0.4, -0.2) is 36.7 Å². The second kappa shape index (κ2) is 7.15. The zero-order valence-corrected chi connectivity index (χ0v) is 13.2. The van der Waals surface area contributed by atoms with E-state index in [0.717, 1.165) is 0 Å². The number of anilines is 1. The Kier molecular flexibility index (Phi) is 5.24. The van der Waals surface area contributed by atoms with Gasteiger partial charge in [0.25, 0.3) is 5.69 Å². The van der Waals surface area contributed by atoms with Crippen LogP contribution in [0.2, 0.25) is 0 Å². The number of benzene rings is 1. The van der Waals surface area contributed by atoms with E-state index in [4.69, 9.17) is 0 Å². The molecule has 0 amide bonds. The second-order valence-electron chi connectivity index (χ2n) is 5.03. The monoisotopic (exact) mass is 319 g/mol. The lowest BCUT2D eigenvalue weighted by Crippen LogP contribution is -2.26. The zero-order chi connectivity index (χ0) is 16.1. The van der Waals surface area contributed by atoms with Crippen LogP contribution in [0.5, 0.6) is 0 Å². The summed E-state index contributed by atoms with van der Waals surface area (Å²) in [5, 5.41) is 16.3. The average molecular weight is 319 g/mol. The molecule has 2 aromatic rings. The van der Waals surface area contributed by atoms with Crippen LogP contribution in [0.4, 0.5) is 11.4 Å². The van der Waals surface area contributed by atoms with E-state index in [9.17, 15) is 14.9 Å². The lowest BCUT2D eigenvalue weighted by molar-refractivity contribution is -0.384. The SMILES string of the molecule is CN(C)[C@@H](CNc1ccc(C=O)cc1[N+](=O)[O-])c1cccs1. The molecule has 0 aliphatic rings. The number of carbonyl (C=O) groups is 1. The number of carbonyl (C=O) groups excluding carboxylic acids is 1. The maximum atomic E-state index is 11.1. The fraction of sp³-hybridized carbons (Fsp3) is 0.267. The summed E-state index contributed by atoms with van der Waals surface area (Å²) in [4.78, 5) is 24.7. The van der Waals surface area contributed by atoms with Crippen LogP contribution in [0.1, 0.15) is 21.3 Å². The zero-order valence-electron chi connectivity index (χ0n) is 12.4. The van der Waals surface area contributed by atoms with Gasteiger partial charge in [0.1, 0.15) is 12.0 Å². The molecule has 0 radical (unpaired) electrons. The van der Waals surface area contributed by atoms with Gasteiger partial charge in [0.05, 0.1) is 11.0 Å². The molecule has 0 saturated heterocycles. The number of hydrogen-bond donors (Lipinski definition) is 1. The molecule has 1 atom stereocenters. The highest BCUT2D eigenvalue weighted by molar-refractivity contribution is 7.10. The van der Waals surface area contributed by atoms with Crippen molar-refractivity contribution in [3.8, 4) is 0 Å². The van der Waals surface area contributed by atoms with Crippen LogP contribution in [0.3, 0.4) is 0 Å². The lowest BCUT2D eigenvalue weighted by atomic mass is 10.1. The Hall–Kier alpha value is -2.25. The standard InChI is InChI=1S/C15H17N3O3S/c1-17(2)14(15-4-3-7-22-15)9-16-12-6-5-11(10-19)8-13(12)18(20)21/h3-8,10,14,16H,9H2,1-2H3/t14-/m0/s1. The van der Waals surface area contributed by atoms with Gasteiger partial charge in [0.2, 0.25) is 0 Å². The number of thiophene rings is 1. The maximum absolute atomic E-state index is 11.1. The predicted octanol–water partition coefficient (Wildman–Crippen LogP) is 3.18. The summed E-state index contributed by atoms with van der Waals surface area (Å²) >= 11 is 1.65. The summed E-state index contributed by atoms with van der Waals surface area (Å²) in [5.74, 6) is 0. The van der Waals surface area contributed by atoms with E-state index < -0.39 is 4.92 Å². The number of aldehydes is 1. The Morgan fingerprint density at radius 1 is 1.41 bits per heavy atom. The van der Waals surface area contributed by atoms with Crippen molar-refractivity contribution in [2.45, 2.75) is 6.04 Å². The molecule has 0 saturated carbocycles. The van der Waals surface area contributed by atoms with E-state index in [2.05, 4.69) is 10.2 Å². The first kappa shape index (κ1) is 16.1. The van der Waals surface area contributed by atoms with Crippen LogP contribution in [0.15, 0.2) is 35.7 Å². The summed E-state index contributed by atoms with van der Waals surface area (Å²) in [6.07, 6.45) is 0.602. The fourth-order valence-corrected chi connectivity index (χ4v) is 3.07. The van der Waals surface area contributed by atoms with E-state index >= 15 is 0 Å². The summed E-state index contributed by atoms with van der Waals surface area (Å²) in [6, 6.07) is 8.57. The molecule has 1 N–H and O–H groups in total. The van der Waals surface area contributed by atoms with Gasteiger partial charge < -0.3 is 10.2 Å². The van der Waals surface area contributed by atoms with Gasteiger partial charge in [0, 0.05) is 23.1 Å². The van der Waals surface area contributed by atoms with Gasteiger partial charge in [0.15, 0.2) is 0 Å². The molecule has 0 unspecified atom stereocenters. The van der Waals surface area contributed by atoms with Crippen molar-refractivity contribution in [3.05, 3.63) is 56.3 Å². The van der Waals surface area contributed by atoms with Crippen molar-refractivity contribution in [2.24, 2.45) is 0 Å². The first-order valence-corrected chi connectivity index (χ1v) is 7.58. The molecule has 6 nitrogen and oxygen atoms in total. The summed E-state index contributed by atoms with van der Waals surface area (Å²) in [7, 11) is 3.94. The van der Waals surface area contributed by atoms with Gasteiger partial charge in [-0.05, 0) is 37.7 Å². The number of nitrogens with one attached hydrogen (secondary N) is 1. The van der Waals surface area contributed by atoms with Crippen LogP contribution in [0, 0.1) is 10.1 Å². The quantitative estimate of drug-likeness (QED) is 0.482. The summed E-state index contributed by atoms with van der Waals surface area (Å²) in [5.41, 5.74) is 0.618. The largest absolute Gasteiger partial charge is 0.378 e. The van der Waals surface area contributed by atoms with E-state index in [1.54, 1.807) is 23.5 Å². The van der Waals surface area contributed by atoms with Crippen molar-refractivity contribution < 1.29 is 9.72 Å². The van der Waals surface area contributed by atoms with E-state index in [-0.39, 0.29) is 11.7 Å². The molecular weight excluding hydrogens is 302 g/mol. The van der Waals surface area contributed by atoms with Gasteiger partial charge in [-0.25, -0.2) is 0 Å². The number of hydrogen-bond acceptors (Lipinski definition) is 6. The average Bonchev–Trinajstić information content (AvgIpc) is 3.01. The highest BCUT2D eigenvalue weighted by Gasteiger charge is 2.18. The van der Waals surface area contributed by atoms with E-state index in [1.165, 1.54) is 10.9 Å². The van der Waals surface area contributed by atoms with Crippen LogP contribution in [-0.2, 0) is 0 Å². The van der Waals surface area contributed by atoms with E-state index in [0.29, 0.717) is 24.1 Å². The highest BCUT2D eigenvalue weighted by atomic mass is 32.1. The third-order valence-electron chi connectivity index (χ3n) is 3.34. The molecule has 0 spiro atoms. The van der Waals surface area contributed by atoms with Crippen LogP contribution in [0.25, 0.3) is 0 Å². The van der Waals surface area contributed by atoms with Gasteiger partial charge >= 0.3 is 0 Å². The molecule has 1 heterocycles. The first-order chi connectivity index (χ1) is 10.5. The Bertz CT molecular complexity index is 656. The van der Waals surface area contributed by atoms with Gasteiger partial charge in [-0.3, -0.25) is 14.9 Å². The minimum Gasteiger partial charge on any atom is -0.378 e. The molecule has 7 heteroatoms. The predicted molar refractivity (Wildman–Crippen MR) is 87.7 cm³/mol. The van der Waals surface area contributed by atoms with Gasteiger partial charge in [-0.1, -0.05) is 6.07 Å². The molecule has 1 aromatic heterocycles. The minimum absolute atomic E-state index is 0.0896. The van der Waals surface area contributed by atoms with Gasteiger partial charge in [-0.2, -0.15) is 0 Å². The topological polar surface area (TPSA) is 75.5 Å². The Morgan fingerprint density at radius 3 is 2.73 bits per heavy atom. The minimum atomic E-state index is -0.481. The van der Waals surface area contributed by atoms with Crippen molar-refractivity contribution in [1.29, 1.82) is 0 Å². The van der Waals surface area contributed by atoms with Crippen molar-refractivity contribution in [2.75, 3.05) is 26.0 Å². The highest BCUT2D eigenvalue weighted by Crippen LogP contribution is 2.28. The number of rotatable bonds is 7. The van der Waals surface area contributed by atoms with Crippen LogP contribution < -0.4 is 5.32 Å². The fourth-order valence-electron chi connectivity index (χ4n) is 2.15. The normalized spacial score (nSPS) is 12.1. The molecule has 2 rings (SSSR count). The number of nitrogens with zero attached hydrogens (tertiary/aromatic N) is 2. The Labute approximate surface area is 132 Å². The number of nitro groups is 1. The summed E-state index contributed by atoms with van der Waals surface area (Å²) in [6.45, 7) is 0.536. The third-order valence-corrected chi connectivity index (χ3v) is 4.31. The lowest BCUT2D eigenvalue weighted by Gasteiger charge is -2.24. The summed E-state index contributed by atoms with van der Waals surface area (Å²) < 4.78 is 0. The Morgan fingerprint density at radius 2 is 2.18 bits per heavy atom. The van der Waals surface area contributed by atoms with Crippen LogP contribution >= 0.6 is 11.3 Å². The molecule has 0 aliphatic heterocycles. The third kappa shape index (κ3) is 3.69. The number of nitro benzene ring substituents is 1. The molecular formula is C15H17N3O3S. The first-order valence-electron chi connectivity index (χ1n) is 6.70. The molecule has 1 aromatic carbocycles. The van der Waals surface area contributed by atoms with Crippen molar-refractivity contribution >= 4 is 29.0 Å². The Balaban J connectivity index is 2.19. The molecule has 0 fully saturated rings. The molecule has 22 heavy (non-hydrogen) atoms. The number of likely N-dealkylation sites (N-methyl/N-ethyl adjacent to an activating group) is 1. The van der Waals surface area contributed by atoms with Crippen molar-refractivity contribution in [1.82, 2.24) is 4.90 Å². The molecule has 116 valence electrons. The maximum Gasteiger partial charge on any atom is 0.293 e.